The summed E-state index contributed by atoms with van der Waals surface area (Å²) >= 11 is 0. The summed E-state index contributed by atoms with van der Waals surface area (Å²) in [6.07, 6.45) is -0.518. The Labute approximate surface area is 161 Å². The van der Waals surface area contributed by atoms with Crippen molar-refractivity contribution in [1.29, 1.82) is 0 Å². The summed E-state index contributed by atoms with van der Waals surface area (Å²) in [5.74, 6) is -0.961. The number of esters is 1. The van der Waals surface area contributed by atoms with Gasteiger partial charge in [0.2, 0.25) is 0 Å². The molecule has 2 aromatic carbocycles. The van der Waals surface area contributed by atoms with Crippen LogP contribution in [0.15, 0.2) is 40.8 Å². The molecule has 0 aliphatic carbocycles. The summed E-state index contributed by atoms with van der Waals surface area (Å²) in [7, 11) is 1.25. The first-order valence-corrected chi connectivity index (χ1v) is 8.84. The molecule has 0 fully saturated rings. The summed E-state index contributed by atoms with van der Waals surface area (Å²) in [5, 5.41) is 4.19. The van der Waals surface area contributed by atoms with E-state index in [2.05, 4.69) is 5.32 Å². The molecule has 3 rings (SSSR count). The molecular formula is C21H22FNO5. The highest BCUT2D eigenvalue weighted by Gasteiger charge is 2.25. The highest BCUT2D eigenvalue weighted by atomic mass is 19.1. The number of hydrogen-bond donors (Lipinski definition) is 1. The van der Waals surface area contributed by atoms with Crippen molar-refractivity contribution in [3.8, 4) is 0 Å². The molecule has 0 bridgehead atoms. The third-order valence-corrected chi connectivity index (χ3v) is 4.12. The van der Waals surface area contributed by atoms with E-state index in [1.54, 1.807) is 32.9 Å². The largest absolute Gasteiger partial charge is 0.467 e. The van der Waals surface area contributed by atoms with Crippen LogP contribution in [0, 0.1) is 5.82 Å². The topological polar surface area (TPSA) is 77.8 Å². The average molecular weight is 387 g/mol. The van der Waals surface area contributed by atoms with Gasteiger partial charge in [-0.05, 0) is 44.5 Å². The van der Waals surface area contributed by atoms with Crippen LogP contribution in [-0.4, -0.2) is 30.8 Å². The van der Waals surface area contributed by atoms with Crippen LogP contribution in [0.4, 0.5) is 9.18 Å². The Balaban J connectivity index is 1.85. The van der Waals surface area contributed by atoms with E-state index in [0.29, 0.717) is 11.2 Å². The summed E-state index contributed by atoms with van der Waals surface area (Å²) in [6, 6.07) is 8.89. The second-order valence-electron chi connectivity index (χ2n) is 7.50. The Kier molecular flexibility index (Phi) is 5.27. The Morgan fingerprint density at radius 1 is 1.11 bits per heavy atom. The smallest absolute Gasteiger partial charge is 0.408 e. The molecule has 6 nitrogen and oxygen atoms in total. The summed E-state index contributed by atoms with van der Waals surface area (Å²) in [5.41, 5.74) is 1.08. The van der Waals surface area contributed by atoms with E-state index in [1.165, 1.54) is 19.2 Å². The number of amides is 1. The number of fused-ring (bicyclic) bond motifs is 3. The predicted molar refractivity (Wildman–Crippen MR) is 103 cm³/mol. The lowest BCUT2D eigenvalue weighted by Crippen LogP contribution is -2.45. The van der Waals surface area contributed by atoms with E-state index < -0.39 is 23.7 Å². The molecule has 0 unspecified atom stereocenters. The van der Waals surface area contributed by atoms with E-state index in [4.69, 9.17) is 13.9 Å². The lowest BCUT2D eigenvalue weighted by molar-refractivity contribution is -0.143. The quantitative estimate of drug-likeness (QED) is 0.674. The summed E-state index contributed by atoms with van der Waals surface area (Å²) in [6.45, 7) is 5.20. The van der Waals surface area contributed by atoms with Gasteiger partial charge in [0.1, 0.15) is 28.6 Å². The minimum Gasteiger partial charge on any atom is -0.467 e. The van der Waals surface area contributed by atoms with Crippen molar-refractivity contribution in [2.75, 3.05) is 7.11 Å². The van der Waals surface area contributed by atoms with E-state index >= 15 is 0 Å². The molecule has 0 aliphatic heterocycles. The fourth-order valence-electron chi connectivity index (χ4n) is 2.94. The number of rotatable bonds is 4. The van der Waals surface area contributed by atoms with Crippen LogP contribution in [0.3, 0.4) is 0 Å². The SMILES string of the molecule is COC(=O)[C@H](Cc1ccc2c(c1)oc1cc(F)ccc12)NC(=O)OC(C)(C)C. The number of ether oxygens (including phenoxy) is 2. The minimum atomic E-state index is -0.917. The minimum absolute atomic E-state index is 0.188. The van der Waals surface area contributed by atoms with Gasteiger partial charge in [0, 0.05) is 23.3 Å². The lowest BCUT2D eigenvalue weighted by atomic mass is 10.0. The number of benzene rings is 2. The Hall–Kier alpha value is -3.09. The second-order valence-corrected chi connectivity index (χ2v) is 7.50. The van der Waals surface area contributed by atoms with Crippen LogP contribution >= 0.6 is 0 Å². The summed E-state index contributed by atoms with van der Waals surface area (Å²) < 4.78 is 29.1. The van der Waals surface area contributed by atoms with Crippen LogP contribution in [0.5, 0.6) is 0 Å². The van der Waals surface area contributed by atoms with E-state index in [-0.39, 0.29) is 12.2 Å². The van der Waals surface area contributed by atoms with Crippen LogP contribution in [0.25, 0.3) is 21.9 Å². The van der Waals surface area contributed by atoms with Gasteiger partial charge in [-0.25, -0.2) is 14.0 Å². The van der Waals surface area contributed by atoms with Gasteiger partial charge in [-0.2, -0.15) is 0 Å². The predicted octanol–water partition coefficient (Wildman–Crippen LogP) is 4.33. The number of alkyl carbamates (subject to hydrolysis) is 1. The van der Waals surface area contributed by atoms with Gasteiger partial charge >= 0.3 is 12.1 Å². The standard InChI is InChI=1S/C21H22FNO5/c1-21(2,3)28-20(25)23-16(19(24)26-4)9-12-5-7-14-15-8-6-13(22)11-18(15)27-17(14)10-12/h5-8,10-11,16H,9H2,1-4H3,(H,23,25)/t16-/m0/s1. The van der Waals surface area contributed by atoms with Crippen LogP contribution in [-0.2, 0) is 20.7 Å². The molecule has 0 spiro atoms. The van der Waals surface area contributed by atoms with Crippen molar-refractivity contribution in [1.82, 2.24) is 5.32 Å². The number of furan rings is 1. The van der Waals surface area contributed by atoms with Crippen molar-refractivity contribution in [3.63, 3.8) is 0 Å². The zero-order chi connectivity index (χ0) is 20.5. The van der Waals surface area contributed by atoms with Crippen LogP contribution in [0.2, 0.25) is 0 Å². The maximum Gasteiger partial charge on any atom is 0.408 e. The van der Waals surface area contributed by atoms with Gasteiger partial charge in [-0.3, -0.25) is 0 Å². The van der Waals surface area contributed by atoms with Crippen LogP contribution < -0.4 is 5.32 Å². The molecule has 28 heavy (non-hydrogen) atoms. The second kappa shape index (κ2) is 7.50. The Morgan fingerprint density at radius 2 is 1.75 bits per heavy atom. The van der Waals surface area contributed by atoms with E-state index in [0.717, 1.165) is 16.3 Å². The fraction of sp³-hybridized carbons (Fsp3) is 0.333. The van der Waals surface area contributed by atoms with Gasteiger partial charge in [-0.1, -0.05) is 12.1 Å². The highest BCUT2D eigenvalue weighted by molar-refractivity contribution is 6.05. The van der Waals surface area contributed by atoms with Gasteiger partial charge in [0.25, 0.3) is 0 Å². The summed E-state index contributed by atoms with van der Waals surface area (Å²) in [4.78, 5) is 24.1. The first-order chi connectivity index (χ1) is 13.2. The molecule has 1 amide bonds. The van der Waals surface area contributed by atoms with Gasteiger partial charge in [0.05, 0.1) is 7.11 Å². The Bertz CT molecular complexity index is 1030. The number of hydrogen-bond acceptors (Lipinski definition) is 5. The average Bonchev–Trinajstić information content (AvgIpc) is 2.95. The number of methoxy groups -OCH3 is 1. The molecule has 1 aromatic heterocycles. The zero-order valence-corrected chi connectivity index (χ0v) is 16.2. The molecule has 1 N–H and O–H groups in total. The van der Waals surface area contributed by atoms with E-state index in [1.807, 2.05) is 12.1 Å². The maximum absolute atomic E-state index is 13.4. The first kappa shape index (κ1) is 19.7. The molecule has 1 atom stereocenters. The van der Waals surface area contributed by atoms with Crippen molar-refractivity contribution < 1.29 is 27.9 Å². The number of carbonyl (C=O) groups is 2. The molecule has 0 saturated carbocycles. The third-order valence-electron chi connectivity index (χ3n) is 4.12. The van der Waals surface area contributed by atoms with Crippen molar-refractivity contribution in [2.24, 2.45) is 0 Å². The molecule has 7 heteroatoms. The molecule has 0 radical (unpaired) electrons. The molecular weight excluding hydrogens is 365 g/mol. The van der Waals surface area contributed by atoms with Crippen molar-refractivity contribution in [2.45, 2.75) is 38.8 Å². The van der Waals surface area contributed by atoms with Gasteiger partial charge in [0.15, 0.2) is 0 Å². The van der Waals surface area contributed by atoms with Gasteiger partial charge < -0.3 is 19.2 Å². The number of carbonyl (C=O) groups excluding carboxylic acids is 2. The van der Waals surface area contributed by atoms with E-state index in [9.17, 15) is 14.0 Å². The molecule has 0 saturated heterocycles. The number of nitrogens with one attached hydrogen (secondary N) is 1. The monoisotopic (exact) mass is 387 g/mol. The highest BCUT2D eigenvalue weighted by Crippen LogP contribution is 2.30. The molecule has 148 valence electrons. The maximum atomic E-state index is 13.4. The molecule has 3 aromatic rings. The number of halogens is 1. The molecule has 1 heterocycles. The first-order valence-electron chi connectivity index (χ1n) is 8.84. The van der Waals surface area contributed by atoms with Crippen molar-refractivity contribution >= 4 is 34.0 Å². The van der Waals surface area contributed by atoms with Gasteiger partial charge in [-0.15, -0.1) is 0 Å². The normalized spacial score (nSPS) is 12.8. The lowest BCUT2D eigenvalue weighted by Gasteiger charge is -2.22. The molecule has 0 aliphatic rings. The third kappa shape index (κ3) is 4.42. The van der Waals surface area contributed by atoms with Crippen LogP contribution in [0.1, 0.15) is 26.3 Å². The fourth-order valence-corrected chi connectivity index (χ4v) is 2.94. The zero-order valence-electron chi connectivity index (χ0n) is 16.2. The Morgan fingerprint density at radius 3 is 2.39 bits per heavy atom. The van der Waals surface area contributed by atoms with Crippen molar-refractivity contribution in [3.05, 3.63) is 47.8 Å².